The molecule has 0 aliphatic carbocycles. The average molecular weight is 511 g/mol. The highest BCUT2D eigenvalue weighted by atomic mass is 32.3. The lowest BCUT2D eigenvalue weighted by Crippen LogP contribution is -2.51. The topological polar surface area (TPSA) is 142 Å². The van der Waals surface area contributed by atoms with E-state index in [0.717, 1.165) is 0 Å². The van der Waals surface area contributed by atoms with E-state index in [4.69, 9.17) is 4.74 Å². The van der Waals surface area contributed by atoms with Crippen LogP contribution in [0.1, 0.15) is 6.92 Å². The van der Waals surface area contributed by atoms with Gasteiger partial charge in [-0.15, -0.1) is 0 Å². The third-order valence-corrected chi connectivity index (χ3v) is 6.17. The van der Waals surface area contributed by atoms with E-state index in [0.29, 0.717) is 11.3 Å². The van der Waals surface area contributed by atoms with Crippen LogP contribution in [0.3, 0.4) is 0 Å². The summed E-state index contributed by atoms with van der Waals surface area (Å²) in [6, 6.07) is 5.12. The molecule has 1 rings (SSSR count). The van der Waals surface area contributed by atoms with Crippen molar-refractivity contribution in [3.63, 3.8) is 0 Å². The maximum Gasteiger partial charge on any atom is 0.512 e. The van der Waals surface area contributed by atoms with Crippen LogP contribution in [0.5, 0.6) is 11.5 Å². The molecule has 0 bridgehead atoms. The number of halogens is 5. The molecule has 0 radical (unpaired) electrons. The molecule has 0 heterocycles. The van der Waals surface area contributed by atoms with Crippen LogP contribution in [-0.2, 0) is 34.4 Å². The van der Waals surface area contributed by atoms with E-state index in [9.17, 15) is 48.4 Å². The largest absolute Gasteiger partial charge is 0.512 e. The Morgan fingerprint density at radius 2 is 1.44 bits per heavy atom. The maximum atomic E-state index is 13.6. The second-order valence-corrected chi connectivity index (χ2v) is 9.48. The second kappa shape index (κ2) is 9.78. The first-order valence-electron chi connectivity index (χ1n) is 7.86. The molecule has 0 unspecified atom stereocenters. The molecule has 0 aliphatic heterocycles. The van der Waals surface area contributed by atoms with E-state index in [1.807, 2.05) is 0 Å². The summed E-state index contributed by atoms with van der Waals surface area (Å²) in [5.41, 5.74) is -5.55. The van der Waals surface area contributed by atoms with Crippen molar-refractivity contribution in [2.45, 2.75) is 17.7 Å². The Kier molecular flexibility index (Phi) is 8.33. The molecular weight excluding hydrogens is 497 g/mol. The number of carbonyl (C=O) groups is 2. The van der Waals surface area contributed by atoms with Crippen molar-refractivity contribution in [2.24, 2.45) is 0 Å². The number of nitrogens with one attached hydrogen (secondary N) is 1. The highest BCUT2D eigenvalue weighted by Crippen LogP contribution is 2.28. The molecule has 180 valence electrons. The molecule has 1 aromatic carbocycles. The zero-order chi connectivity index (χ0) is 25.0. The minimum atomic E-state index is -6.79. The number of benzene rings is 1. The molecule has 0 atom stereocenters. The fourth-order valence-electron chi connectivity index (χ4n) is 1.53. The number of rotatable bonds is 10. The predicted octanol–water partition coefficient (Wildman–Crippen LogP) is 1.45. The second-order valence-electron chi connectivity index (χ2n) is 5.82. The number of ether oxygens (including phenoxy) is 3. The van der Waals surface area contributed by atoms with Crippen molar-refractivity contribution < 1.29 is 62.6 Å². The lowest BCUT2D eigenvalue weighted by atomic mass is 10.3. The minimum absolute atomic E-state index is 0.161. The van der Waals surface area contributed by atoms with Crippen LogP contribution in [0, 0.1) is 0 Å². The van der Waals surface area contributed by atoms with Gasteiger partial charge in [0, 0.05) is 0 Å². The van der Waals surface area contributed by atoms with Crippen molar-refractivity contribution in [1.82, 2.24) is 4.13 Å². The van der Waals surface area contributed by atoms with Gasteiger partial charge in [0.05, 0.1) is 0 Å². The van der Waals surface area contributed by atoms with E-state index >= 15 is 0 Å². The summed E-state index contributed by atoms with van der Waals surface area (Å²) in [5.74, 6) is -4.31. The molecule has 0 aromatic heterocycles. The molecule has 32 heavy (non-hydrogen) atoms. The normalized spacial score (nSPS) is 12.7. The van der Waals surface area contributed by atoms with Gasteiger partial charge in [-0.05, 0) is 36.8 Å². The molecule has 0 aliphatic rings. The summed E-state index contributed by atoms with van der Waals surface area (Å²) in [6.45, 7) is 3.94. The first kappa shape index (κ1) is 27.2. The Morgan fingerprint density at radius 1 is 0.938 bits per heavy atom. The smallest absolute Gasteiger partial charge is 0.489 e. The Morgan fingerprint density at radius 3 is 1.91 bits per heavy atom. The molecule has 17 heteroatoms. The quantitative estimate of drug-likeness (QED) is 0.214. The Labute approximate surface area is 178 Å². The molecule has 1 N–H and O–H groups in total. The fourth-order valence-corrected chi connectivity index (χ4v) is 3.76. The van der Waals surface area contributed by atoms with Crippen LogP contribution in [-0.4, -0.2) is 52.8 Å². The van der Waals surface area contributed by atoms with Gasteiger partial charge in [0.1, 0.15) is 18.1 Å². The zero-order valence-corrected chi connectivity index (χ0v) is 17.4. The zero-order valence-electron chi connectivity index (χ0n) is 15.8. The molecule has 0 amide bonds. The molecule has 0 fully saturated rings. The van der Waals surface area contributed by atoms with Crippen molar-refractivity contribution in [3.05, 3.63) is 36.4 Å². The van der Waals surface area contributed by atoms with Crippen molar-refractivity contribution in [3.8, 4) is 11.5 Å². The van der Waals surface area contributed by atoms with Crippen LogP contribution in [0.2, 0.25) is 0 Å². The number of alkyl halides is 5. The number of hydrogen-bond donors (Lipinski definition) is 1. The Balaban J connectivity index is 2.73. The SMILES string of the molecule is C=C(C)COc1ccc(OC(=O)COC(=O)C(F)(F)S(=O)(=O)NS(=O)(=O)C(F)(F)F)cc1. The van der Waals surface area contributed by atoms with Crippen LogP contribution >= 0.6 is 0 Å². The van der Waals surface area contributed by atoms with Gasteiger partial charge in [0.25, 0.3) is 0 Å². The monoisotopic (exact) mass is 511 g/mol. The van der Waals surface area contributed by atoms with E-state index in [-0.39, 0.29) is 16.5 Å². The molecule has 0 saturated carbocycles. The van der Waals surface area contributed by atoms with Gasteiger partial charge in [-0.2, -0.15) is 22.0 Å². The van der Waals surface area contributed by atoms with Crippen LogP contribution in [0.4, 0.5) is 22.0 Å². The summed E-state index contributed by atoms with van der Waals surface area (Å²) in [7, 11) is -13.6. The van der Waals surface area contributed by atoms with Gasteiger partial charge in [-0.25, -0.2) is 26.4 Å². The van der Waals surface area contributed by atoms with Crippen LogP contribution in [0.25, 0.3) is 0 Å². The van der Waals surface area contributed by atoms with Gasteiger partial charge >= 0.3 is 42.7 Å². The van der Waals surface area contributed by atoms with Gasteiger partial charge < -0.3 is 14.2 Å². The van der Waals surface area contributed by atoms with Gasteiger partial charge in [0.2, 0.25) is 0 Å². The molecule has 0 saturated heterocycles. The lowest BCUT2D eigenvalue weighted by molar-refractivity contribution is -0.166. The molecule has 0 spiro atoms. The maximum absolute atomic E-state index is 13.6. The lowest BCUT2D eigenvalue weighted by Gasteiger charge is -2.16. The van der Waals surface area contributed by atoms with E-state index in [1.165, 1.54) is 24.3 Å². The molecule has 10 nitrogen and oxygen atoms in total. The highest BCUT2D eigenvalue weighted by molar-refractivity contribution is 8.05. The first-order chi connectivity index (χ1) is 14.4. The van der Waals surface area contributed by atoms with Crippen LogP contribution in [0.15, 0.2) is 36.4 Å². The summed E-state index contributed by atoms with van der Waals surface area (Å²) >= 11 is 0. The van der Waals surface area contributed by atoms with Gasteiger partial charge in [0.15, 0.2) is 6.61 Å². The van der Waals surface area contributed by atoms with Crippen molar-refractivity contribution >= 4 is 32.0 Å². The minimum Gasteiger partial charge on any atom is -0.489 e. The predicted molar refractivity (Wildman–Crippen MR) is 95.3 cm³/mol. The van der Waals surface area contributed by atoms with Gasteiger partial charge in [-0.1, -0.05) is 10.7 Å². The molecular formula is C15H14F5NO9S2. The number of esters is 2. The first-order valence-corrected chi connectivity index (χ1v) is 10.8. The van der Waals surface area contributed by atoms with Gasteiger partial charge in [-0.3, -0.25) is 0 Å². The van der Waals surface area contributed by atoms with Crippen molar-refractivity contribution in [1.29, 1.82) is 0 Å². The standard InChI is InChI=1S/C15H14F5NO9S2/c1-9(2)7-28-10-3-5-11(6-4-10)30-12(22)8-29-13(23)14(16,17)31(24,25)21-32(26,27)15(18,19)20/h3-6,21H,1,7-8H2,2H3. The third-order valence-electron chi connectivity index (χ3n) is 2.96. The fraction of sp³-hybridized carbons (Fsp3) is 0.333. The summed E-state index contributed by atoms with van der Waals surface area (Å²) in [5, 5.41) is -5.80. The van der Waals surface area contributed by atoms with Crippen LogP contribution < -0.4 is 13.6 Å². The van der Waals surface area contributed by atoms with E-state index < -0.39 is 49.4 Å². The number of sulfonamides is 2. The summed E-state index contributed by atoms with van der Waals surface area (Å²) in [4.78, 5) is 22.8. The summed E-state index contributed by atoms with van der Waals surface area (Å²) < 4.78 is 121. The number of hydrogen-bond acceptors (Lipinski definition) is 9. The van der Waals surface area contributed by atoms with E-state index in [2.05, 4.69) is 16.1 Å². The summed E-state index contributed by atoms with van der Waals surface area (Å²) in [6.07, 6.45) is 0. The number of carbonyl (C=O) groups excluding carboxylic acids is 2. The third kappa shape index (κ3) is 7.13. The average Bonchev–Trinajstić information content (AvgIpc) is 2.63. The Bertz CT molecular complexity index is 1080. The molecule has 1 aromatic rings. The van der Waals surface area contributed by atoms with E-state index in [1.54, 1.807) is 6.92 Å². The van der Waals surface area contributed by atoms with Crippen molar-refractivity contribution in [2.75, 3.05) is 13.2 Å². The highest BCUT2D eigenvalue weighted by Gasteiger charge is 2.59. The Hall–Kier alpha value is -2.79.